The van der Waals surface area contributed by atoms with Gasteiger partial charge in [0.1, 0.15) is 11.3 Å². The minimum atomic E-state index is -4.95. The van der Waals surface area contributed by atoms with Gasteiger partial charge in [0, 0.05) is 29.6 Å². The molecule has 11 heteroatoms. The highest BCUT2D eigenvalue weighted by Crippen LogP contribution is 2.51. The van der Waals surface area contributed by atoms with Crippen molar-refractivity contribution in [2.45, 2.75) is 37.7 Å². The molecule has 6 rings (SSSR count). The first kappa shape index (κ1) is 27.5. The lowest BCUT2D eigenvalue weighted by Gasteiger charge is -2.31. The Morgan fingerprint density at radius 3 is 2.45 bits per heavy atom. The van der Waals surface area contributed by atoms with Gasteiger partial charge in [0.25, 0.3) is 0 Å². The Morgan fingerprint density at radius 2 is 1.76 bits per heavy atom. The van der Waals surface area contributed by atoms with Crippen LogP contribution >= 0.6 is 0 Å². The summed E-state index contributed by atoms with van der Waals surface area (Å²) in [7, 11) is 0. The summed E-state index contributed by atoms with van der Waals surface area (Å²) in [5, 5.41) is 14.6. The van der Waals surface area contributed by atoms with Crippen LogP contribution in [0.3, 0.4) is 0 Å². The Kier molecular flexibility index (Phi) is 6.57. The number of hydrogen-bond donors (Lipinski definition) is 3. The molecule has 3 N–H and O–H groups in total. The summed E-state index contributed by atoms with van der Waals surface area (Å²) in [5.74, 6) is -5.74. The number of benzene rings is 3. The minimum Gasteiger partial charge on any atom is -0.480 e. The van der Waals surface area contributed by atoms with E-state index in [1.54, 1.807) is 36.5 Å². The third-order valence-electron chi connectivity index (χ3n) is 8.23. The van der Waals surface area contributed by atoms with E-state index in [0.717, 1.165) is 39.9 Å². The maximum Gasteiger partial charge on any atom is 0.573 e. The summed E-state index contributed by atoms with van der Waals surface area (Å²) in [6.45, 7) is 1.96. The molecule has 8 nitrogen and oxygen atoms in total. The molecule has 3 aromatic carbocycles. The van der Waals surface area contributed by atoms with Crippen LogP contribution in [-0.2, 0) is 27.2 Å². The summed E-state index contributed by atoms with van der Waals surface area (Å²) in [4.78, 5) is 45.5. The molecule has 0 radical (unpaired) electrons. The molecule has 4 unspecified atom stereocenters. The van der Waals surface area contributed by atoms with Gasteiger partial charge < -0.3 is 14.8 Å². The molecule has 0 aliphatic carbocycles. The number of para-hydroxylation sites is 1. The van der Waals surface area contributed by atoms with Crippen LogP contribution in [0, 0.1) is 11.8 Å². The molecule has 2 aliphatic heterocycles. The predicted molar refractivity (Wildman–Crippen MR) is 147 cm³/mol. The number of imide groups is 1. The van der Waals surface area contributed by atoms with E-state index in [1.165, 1.54) is 12.1 Å². The number of aliphatic carboxylic acids is 1. The molecule has 42 heavy (non-hydrogen) atoms. The number of anilines is 1. The van der Waals surface area contributed by atoms with Gasteiger partial charge in [-0.15, -0.1) is 13.2 Å². The normalized spacial score (nSPS) is 23.9. The first-order valence-electron chi connectivity index (χ1n) is 13.4. The Balaban J connectivity index is 1.48. The standard InChI is InChI=1S/C31H26F3N3O5/c1-2-17-10-12-20(13-11-17)37-27(38)24-25(28(37)39)30(29(40)41,15-19-16-35-23-9-4-3-8-22(19)23)36-26(24)18-6-5-7-21(14-18)42-31(32,33)34/h3-14,16,24-26,35-36H,2,15H2,1H3,(H,40,41). The molecule has 0 saturated carbocycles. The highest BCUT2D eigenvalue weighted by Gasteiger charge is 2.68. The third kappa shape index (κ3) is 4.50. The fourth-order valence-electron chi connectivity index (χ4n) is 6.34. The number of hydrogen-bond acceptors (Lipinski definition) is 5. The number of nitrogens with one attached hydrogen (secondary N) is 2. The number of ether oxygens (including phenoxy) is 1. The molecule has 0 spiro atoms. The highest BCUT2D eigenvalue weighted by atomic mass is 19.4. The second-order valence-corrected chi connectivity index (χ2v) is 10.6. The number of carboxylic acids is 1. The lowest BCUT2D eigenvalue weighted by atomic mass is 9.76. The van der Waals surface area contributed by atoms with E-state index in [9.17, 15) is 32.7 Å². The van der Waals surface area contributed by atoms with Gasteiger partial charge >= 0.3 is 12.3 Å². The van der Waals surface area contributed by atoms with Crippen LogP contribution in [-0.4, -0.2) is 39.8 Å². The maximum atomic E-state index is 14.1. The predicted octanol–water partition coefficient (Wildman–Crippen LogP) is 5.15. The number of halogens is 3. The van der Waals surface area contributed by atoms with Gasteiger partial charge in [-0.05, 0) is 53.4 Å². The van der Waals surface area contributed by atoms with Crippen molar-refractivity contribution in [3.05, 3.63) is 95.7 Å². The Labute approximate surface area is 238 Å². The molecule has 216 valence electrons. The summed E-state index contributed by atoms with van der Waals surface area (Å²) in [6.07, 6.45) is -2.71. The number of aryl methyl sites for hydroxylation is 1. The zero-order valence-corrected chi connectivity index (χ0v) is 22.3. The van der Waals surface area contributed by atoms with Crippen LogP contribution < -0.4 is 15.0 Å². The van der Waals surface area contributed by atoms with Gasteiger partial charge in [0.15, 0.2) is 0 Å². The smallest absolute Gasteiger partial charge is 0.480 e. The van der Waals surface area contributed by atoms with E-state index < -0.39 is 53.3 Å². The van der Waals surface area contributed by atoms with E-state index in [0.29, 0.717) is 11.3 Å². The fourth-order valence-corrected chi connectivity index (χ4v) is 6.34. The Morgan fingerprint density at radius 1 is 1.02 bits per heavy atom. The first-order valence-corrected chi connectivity index (χ1v) is 13.4. The van der Waals surface area contributed by atoms with Gasteiger partial charge in [-0.1, -0.05) is 49.4 Å². The van der Waals surface area contributed by atoms with Gasteiger partial charge in [-0.2, -0.15) is 0 Å². The van der Waals surface area contributed by atoms with E-state index >= 15 is 0 Å². The summed E-state index contributed by atoms with van der Waals surface area (Å²) < 4.78 is 43.1. The number of H-pyrrole nitrogens is 1. The van der Waals surface area contributed by atoms with Gasteiger partial charge in [0.2, 0.25) is 11.8 Å². The van der Waals surface area contributed by atoms with Crippen molar-refractivity contribution in [1.29, 1.82) is 0 Å². The largest absolute Gasteiger partial charge is 0.573 e. The van der Waals surface area contributed by atoms with Crippen molar-refractivity contribution >= 4 is 34.4 Å². The quantitative estimate of drug-likeness (QED) is 0.262. The minimum absolute atomic E-state index is 0.162. The molecule has 0 bridgehead atoms. The molecule has 4 aromatic rings. The van der Waals surface area contributed by atoms with Crippen LogP contribution in [0.25, 0.3) is 10.9 Å². The van der Waals surface area contributed by atoms with Crippen molar-refractivity contribution < 1.29 is 37.4 Å². The molecular formula is C31H26F3N3O5. The van der Waals surface area contributed by atoms with Crippen molar-refractivity contribution in [2.75, 3.05) is 4.90 Å². The van der Waals surface area contributed by atoms with Crippen LogP contribution in [0.15, 0.2) is 79.0 Å². The van der Waals surface area contributed by atoms with E-state index in [4.69, 9.17) is 0 Å². The number of aromatic nitrogens is 1. The number of carboxylic acid groups (broad SMARTS) is 1. The van der Waals surface area contributed by atoms with Crippen LogP contribution in [0.5, 0.6) is 5.75 Å². The molecule has 1 aromatic heterocycles. The number of fused-ring (bicyclic) bond motifs is 2. The SMILES string of the molecule is CCc1ccc(N2C(=O)C3C(c4cccc(OC(F)(F)F)c4)NC(Cc4c[nH]c5ccccc45)(C(=O)O)C3C2=O)cc1. The number of alkyl halides is 3. The van der Waals surface area contributed by atoms with Crippen LogP contribution in [0.2, 0.25) is 0 Å². The molecule has 3 heterocycles. The number of carbonyl (C=O) groups excluding carboxylic acids is 2. The Bertz CT molecular complexity index is 1700. The molecule has 4 atom stereocenters. The number of amides is 2. The molecule has 2 aliphatic rings. The highest BCUT2D eigenvalue weighted by molar-refractivity contribution is 6.24. The molecule has 2 saturated heterocycles. The van der Waals surface area contributed by atoms with Crippen molar-refractivity contribution in [2.24, 2.45) is 11.8 Å². The van der Waals surface area contributed by atoms with E-state index in [-0.39, 0.29) is 12.0 Å². The van der Waals surface area contributed by atoms with Crippen molar-refractivity contribution in [3.63, 3.8) is 0 Å². The van der Waals surface area contributed by atoms with Crippen molar-refractivity contribution in [1.82, 2.24) is 10.3 Å². The Hall–Kier alpha value is -4.64. The lowest BCUT2D eigenvalue weighted by molar-refractivity contribution is -0.274. The number of carbonyl (C=O) groups is 3. The maximum absolute atomic E-state index is 14.1. The number of aromatic amines is 1. The topological polar surface area (TPSA) is 112 Å². The zero-order valence-electron chi connectivity index (χ0n) is 22.3. The third-order valence-corrected chi connectivity index (χ3v) is 8.23. The zero-order chi connectivity index (χ0) is 29.8. The van der Waals surface area contributed by atoms with Crippen molar-refractivity contribution in [3.8, 4) is 5.75 Å². The van der Waals surface area contributed by atoms with Crippen LogP contribution in [0.4, 0.5) is 18.9 Å². The molecular weight excluding hydrogens is 551 g/mol. The second kappa shape index (κ2) is 10.0. The average Bonchev–Trinajstić information content (AvgIpc) is 3.60. The molecule has 2 amide bonds. The summed E-state index contributed by atoms with van der Waals surface area (Å²) >= 11 is 0. The number of nitrogens with zero attached hydrogens (tertiary/aromatic N) is 1. The summed E-state index contributed by atoms with van der Waals surface area (Å²) in [5.41, 5.74) is 0.904. The van der Waals surface area contributed by atoms with E-state index in [1.807, 2.05) is 25.1 Å². The second-order valence-electron chi connectivity index (χ2n) is 10.6. The summed E-state index contributed by atoms with van der Waals surface area (Å²) in [6, 6.07) is 18.1. The first-order chi connectivity index (χ1) is 20.0. The molecule has 2 fully saturated rings. The number of rotatable bonds is 7. The van der Waals surface area contributed by atoms with Gasteiger partial charge in [0.05, 0.1) is 17.5 Å². The lowest BCUT2D eigenvalue weighted by Crippen LogP contribution is -2.57. The van der Waals surface area contributed by atoms with Gasteiger partial charge in [-0.25, -0.2) is 4.90 Å². The van der Waals surface area contributed by atoms with E-state index in [2.05, 4.69) is 15.0 Å². The fraction of sp³-hybridized carbons (Fsp3) is 0.258. The van der Waals surface area contributed by atoms with Gasteiger partial charge in [-0.3, -0.25) is 19.7 Å². The van der Waals surface area contributed by atoms with Crippen LogP contribution in [0.1, 0.15) is 29.7 Å². The average molecular weight is 578 g/mol. The monoisotopic (exact) mass is 577 g/mol.